The maximum Gasteiger partial charge on any atom is 0.142 e. The predicted octanol–water partition coefficient (Wildman–Crippen LogP) is 3.57. The largest absolute Gasteiger partial charge is 0.456 e. The summed E-state index contributed by atoms with van der Waals surface area (Å²) in [6.45, 7) is 3.55. The molecule has 0 aliphatic heterocycles. The SMILES string of the molecule is Cc1cc(Oc2ccc(F)c(Cl)c2)c(C(=N)N)c(C)n1. The number of benzene rings is 1. The number of nitrogens with zero attached hydrogens (tertiary/aromatic N) is 1. The van der Waals surface area contributed by atoms with Crippen LogP contribution in [-0.2, 0) is 0 Å². The summed E-state index contributed by atoms with van der Waals surface area (Å²) >= 11 is 5.71. The fraction of sp³-hybridized carbons (Fsp3) is 0.143. The molecule has 2 rings (SSSR count). The molecule has 0 aliphatic rings. The van der Waals surface area contributed by atoms with Gasteiger partial charge in [-0.2, -0.15) is 0 Å². The minimum absolute atomic E-state index is 0.0330. The third-order valence-corrected chi connectivity index (χ3v) is 2.97. The summed E-state index contributed by atoms with van der Waals surface area (Å²) in [7, 11) is 0. The molecule has 0 spiro atoms. The van der Waals surface area contributed by atoms with E-state index in [2.05, 4.69) is 4.98 Å². The van der Waals surface area contributed by atoms with E-state index in [0.29, 0.717) is 22.8 Å². The number of nitrogen functional groups attached to an aromatic ring is 1. The molecule has 4 nitrogen and oxygen atoms in total. The van der Waals surface area contributed by atoms with Crippen LogP contribution in [0.15, 0.2) is 24.3 Å². The Bertz CT molecular complexity index is 688. The van der Waals surface area contributed by atoms with Crippen molar-refractivity contribution in [1.82, 2.24) is 4.98 Å². The number of rotatable bonds is 3. The van der Waals surface area contributed by atoms with E-state index in [-0.39, 0.29) is 10.9 Å². The number of nitrogens with two attached hydrogens (primary N) is 1. The number of pyridine rings is 1. The molecule has 1 heterocycles. The summed E-state index contributed by atoms with van der Waals surface area (Å²) in [5.41, 5.74) is 7.29. The van der Waals surface area contributed by atoms with E-state index < -0.39 is 5.82 Å². The van der Waals surface area contributed by atoms with Crippen LogP contribution in [0.4, 0.5) is 4.39 Å². The molecule has 0 radical (unpaired) electrons. The highest BCUT2D eigenvalue weighted by Crippen LogP contribution is 2.29. The van der Waals surface area contributed by atoms with Crippen LogP contribution in [0.1, 0.15) is 17.0 Å². The third-order valence-electron chi connectivity index (χ3n) is 2.68. The monoisotopic (exact) mass is 293 g/mol. The molecule has 0 bridgehead atoms. The van der Waals surface area contributed by atoms with Crippen LogP contribution in [0.25, 0.3) is 0 Å². The molecular weight excluding hydrogens is 281 g/mol. The third kappa shape index (κ3) is 2.88. The Kier molecular flexibility index (Phi) is 3.90. The standard InChI is InChI=1S/C14H13ClFN3O/c1-7-5-12(13(14(17)18)8(2)19-7)20-9-3-4-11(16)10(15)6-9/h3-6H,1-2H3,(H3,17,18). The zero-order valence-corrected chi connectivity index (χ0v) is 11.8. The van der Waals surface area contributed by atoms with Crippen LogP contribution in [0.3, 0.4) is 0 Å². The zero-order valence-electron chi connectivity index (χ0n) is 11.0. The van der Waals surface area contributed by atoms with Gasteiger partial charge in [0.05, 0.1) is 16.3 Å². The first-order valence-electron chi connectivity index (χ1n) is 5.84. The Morgan fingerprint density at radius 1 is 1.35 bits per heavy atom. The van der Waals surface area contributed by atoms with Crippen molar-refractivity contribution in [3.63, 3.8) is 0 Å². The Morgan fingerprint density at radius 2 is 2.05 bits per heavy atom. The molecule has 6 heteroatoms. The molecule has 0 aliphatic carbocycles. The fourth-order valence-corrected chi connectivity index (χ4v) is 2.04. The molecule has 0 amide bonds. The molecule has 0 unspecified atom stereocenters. The fourth-order valence-electron chi connectivity index (χ4n) is 1.87. The van der Waals surface area contributed by atoms with E-state index in [1.54, 1.807) is 19.9 Å². The number of aromatic nitrogens is 1. The molecule has 2 aromatic rings. The van der Waals surface area contributed by atoms with Gasteiger partial charge >= 0.3 is 0 Å². The van der Waals surface area contributed by atoms with Gasteiger partial charge in [0.2, 0.25) is 0 Å². The minimum atomic E-state index is -0.520. The van der Waals surface area contributed by atoms with Gasteiger partial charge in [-0.15, -0.1) is 0 Å². The molecule has 0 atom stereocenters. The number of nitrogens with one attached hydrogen (secondary N) is 1. The van der Waals surface area contributed by atoms with Gasteiger partial charge in [-0.1, -0.05) is 11.6 Å². The smallest absolute Gasteiger partial charge is 0.142 e. The van der Waals surface area contributed by atoms with Gasteiger partial charge in [0, 0.05) is 17.8 Å². The molecule has 0 saturated carbocycles. The van der Waals surface area contributed by atoms with E-state index in [1.807, 2.05) is 0 Å². The maximum atomic E-state index is 13.1. The van der Waals surface area contributed by atoms with Crippen LogP contribution < -0.4 is 10.5 Å². The molecule has 0 saturated heterocycles. The number of hydrogen-bond donors (Lipinski definition) is 2. The molecule has 20 heavy (non-hydrogen) atoms. The van der Waals surface area contributed by atoms with Crippen molar-refractivity contribution in [3.05, 3.63) is 52.1 Å². The summed E-state index contributed by atoms with van der Waals surface area (Å²) in [5.74, 6) is 0.0974. The first-order valence-corrected chi connectivity index (χ1v) is 6.22. The van der Waals surface area contributed by atoms with Crippen molar-refractivity contribution in [2.45, 2.75) is 13.8 Å². The van der Waals surface area contributed by atoms with Crippen molar-refractivity contribution in [2.24, 2.45) is 5.73 Å². The quantitative estimate of drug-likeness (QED) is 0.671. The van der Waals surface area contributed by atoms with Crippen LogP contribution in [0.5, 0.6) is 11.5 Å². The van der Waals surface area contributed by atoms with Crippen LogP contribution in [0.2, 0.25) is 5.02 Å². The highest BCUT2D eigenvalue weighted by Gasteiger charge is 2.14. The number of amidine groups is 1. The molecule has 104 valence electrons. The second-order valence-electron chi connectivity index (χ2n) is 4.31. The summed E-state index contributed by atoms with van der Waals surface area (Å²) in [6, 6.07) is 5.70. The van der Waals surface area contributed by atoms with Crippen LogP contribution in [-0.4, -0.2) is 10.8 Å². The molecule has 3 N–H and O–H groups in total. The lowest BCUT2D eigenvalue weighted by atomic mass is 10.1. The Labute approximate surface area is 120 Å². The van der Waals surface area contributed by atoms with E-state index in [9.17, 15) is 4.39 Å². The first-order chi connectivity index (χ1) is 9.38. The van der Waals surface area contributed by atoms with E-state index >= 15 is 0 Å². The second kappa shape index (κ2) is 5.46. The molecule has 0 fully saturated rings. The Morgan fingerprint density at radius 3 is 2.65 bits per heavy atom. The average molecular weight is 294 g/mol. The minimum Gasteiger partial charge on any atom is -0.456 e. The van der Waals surface area contributed by atoms with Crippen molar-refractivity contribution < 1.29 is 9.13 Å². The Hall–Kier alpha value is -2.14. The highest BCUT2D eigenvalue weighted by atomic mass is 35.5. The maximum absolute atomic E-state index is 13.1. The summed E-state index contributed by atoms with van der Waals surface area (Å²) in [5, 5.41) is 7.57. The highest BCUT2D eigenvalue weighted by molar-refractivity contribution is 6.30. The number of aryl methyl sites for hydroxylation is 2. The zero-order chi connectivity index (χ0) is 14.9. The lowest BCUT2D eigenvalue weighted by molar-refractivity contribution is 0.477. The number of halogens is 2. The average Bonchev–Trinajstić information content (AvgIpc) is 2.32. The van der Waals surface area contributed by atoms with Crippen molar-refractivity contribution in [1.29, 1.82) is 5.41 Å². The van der Waals surface area contributed by atoms with Gasteiger partial charge in [0.15, 0.2) is 0 Å². The normalized spacial score (nSPS) is 10.4. The number of ether oxygens (including phenoxy) is 1. The van der Waals surface area contributed by atoms with Gasteiger partial charge < -0.3 is 10.5 Å². The molecule has 1 aromatic heterocycles. The van der Waals surface area contributed by atoms with Gasteiger partial charge in [-0.25, -0.2) is 4.39 Å². The van der Waals surface area contributed by atoms with E-state index in [4.69, 9.17) is 27.5 Å². The first kappa shape index (κ1) is 14.3. The lowest BCUT2D eigenvalue weighted by Crippen LogP contribution is -2.15. The van der Waals surface area contributed by atoms with Crippen molar-refractivity contribution in [3.8, 4) is 11.5 Å². The predicted molar refractivity (Wildman–Crippen MR) is 76.2 cm³/mol. The number of hydrogen-bond acceptors (Lipinski definition) is 3. The van der Waals surface area contributed by atoms with E-state index in [1.165, 1.54) is 18.2 Å². The second-order valence-corrected chi connectivity index (χ2v) is 4.72. The van der Waals surface area contributed by atoms with Crippen LogP contribution >= 0.6 is 11.6 Å². The summed E-state index contributed by atoms with van der Waals surface area (Å²) < 4.78 is 18.8. The van der Waals surface area contributed by atoms with Crippen molar-refractivity contribution >= 4 is 17.4 Å². The summed E-state index contributed by atoms with van der Waals surface area (Å²) in [4.78, 5) is 4.24. The molecule has 1 aromatic carbocycles. The Balaban J connectivity index is 2.47. The van der Waals surface area contributed by atoms with E-state index in [0.717, 1.165) is 5.69 Å². The summed E-state index contributed by atoms with van der Waals surface area (Å²) in [6.07, 6.45) is 0. The topological polar surface area (TPSA) is 72.0 Å². The van der Waals surface area contributed by atoms with Gasteiger partial charge in [0.25, 0.3) is 0 Å². The lowest BCUT2D eigenvalue weighted by Gasteiger charge is -2.13. The van der Waals surface area contributed by atoms with Gasteiger partial charge in [-0.3, -0.25) is 10.4 Å². The molecular formula is C14H13ClFN3O. The van der Waals surface area contributed by atoms with Gasteiger partial charge in [0.1, 0.15) is 23.2 Å². The van der Waals surface area contributed by atoms with Crippen molar-refractivity contribution in [2.75, 3.05) is 0 Å². The van der Waals surface area contributed by atoms with Gasteiger partial charge in [-0.05, 0) is 26.0 Å². The van der Waals surface area contributed by atoms with Crippen LogP contribution in [0, 0.1) is 25.1 Å².